The van der Waals surface area contributed by atoms with Crippen molar-refractivity contribution in [1.29, 1.82) is 0 Å². The van der Waals surface area contributed by atoms with Crippen molar-refractivity contribution < 1.29 is 9.21 Å². The summed E-state index contributed by atoms with van der Waals surface area (Å²) >= 11 is 0. The molecule has 0 spiro atoms. The van der Waals surface area contributed by atoms with E-state index in [4.69, 9.17) is 4.42 Å². The minimum atomic E-state index is 0.210. The van der Waals surface area contributed by atoms with E-state index in [0.717, 1.165) is 50.3 Å². The maximum Gasteiger partial charge on any atom is 0.223 e. The van der Waals surface area contributed by atoms with Gasteiger partial charge in [-0.05, 0) is 38.8 Å². The van der Waals surface area contributed by atoms with Crippen LogP contribution < -0.4 is 5.32 Å². The van der Waals surface area contributed by atoms with E-state index in [9.17, 15) is 4.79 Å². The van der Waals surface area contributed by atoms with Gasteiger partial charge in [0.15, 0.2) is 11.7 Å². The minimum Gasteiger partial charge on any atom is -0.441 e. The molecule has 0 saturated carbocycles. The number of aromatic nitrogens is 1. The van der Waals surface area contributed by atoms with Gasteiger partial charge in [0.25, 0.3) is 0 Å². The van der Waals surface area contributed by atoms with Crippen molar-refractivity contribution in [3.05, 3.63) is 41.9 Å². The van der Waals surface area contributed by atoms with Crippen LogP contribution in [0, 0.1) is 12.8 Å². The van der Waals surface area contributed by atoms with Crippen LogP contribution in [0.25, 0.3) is 11.3 Å². The van der Waals surface area contributed by atoms with Crippen LogP contribution in [0.5, 0.6) is 0 Å². The quantitative estimate of drug-likeness (QED) is 0.827. The lowest BCUT2D eigenvalue weighted by Crippen LogP contribution is -2.40. The lowest BCUT2D eigenvalue weighted by atomic mass is 9.96. The molecule has 0 unspecified atom stereocenters. The number of piperidine rings is 1. The Morgan fingerprint density at radius 1 is 1.27 bits per heavy atom. The molecule has 1 saturated heterocycles. The Labute approximate surface area is 155 Å². The molecule has 0 atom stereocenters. The van der Waals surface area contributed by atoms with Gasteiger partial charge in [-0.3, -0.25) is 4.79 Å². The molecular weight excluding hydrogens is 326 g/mol. The number of nitrogens with one attached hydrogen (secondary N) is 1. The molecule has 0 radical (unpaired) electrons. The fraction of sp³-hybridized carbons (Fsp3) is 0.524. The molecule has 1 N–H and O–H groups in total. The van der Waals surface area contributed by atoms with Crippen LogP contribution in [0.1, 0.15) is 37.6 Å². The molecule has 0 bridgehead atoms. The highest BCUT2D eigenvalue weighted by Crippen LogP contribution is 2.22. The average Bonchev–Trinajstić information content (AvgIpc) is 3.14. The highest BCUT2D eigenvalue weighted by molar-refractivity contribution is 5.76. The Balaban J connectivity index is 1.46. The second kappa shape index (κ2) is 8.99. The molecule has 5 heteroatoms. The summed E-state index contributed by atoms with van der Waals surface area (Å²) in [4.78, 5) is 18.8. The molecule has 1 aliphatic heterocycles. The van der Waals surface area contributed by atoms with Gasteiger partial charge in [-0.1, -0.05) is 36.8 Å². The van der Waals surface area contributed by atoms with Crippen LogP contribution in [0.3, 0.4) is 0 Å². The Kier molecular flexibility index (Phi) is 6.45. The minimum absolute atomic E-state index is 0.210. The molecule has 2 heterocycles. The van der Waals surface area contributed by atoms with E-state index < -0.39 is 0 Å². The topological polar surface area (TPSA) is 58.4 Å². The van der Waals surface area contributed by atoms with Crippen molar-refractivity contribution in [2.75, 3.05) is 26.2 Å². The first kappa shape index (κ1) is 18.6. The van der Waals surface area contributed by atoms with E-state index in [2.05, 4.69) is 36.3 Å². The van der Waals surface area contributed by atoms with Gasteiger partial charge < -0.3 is 14.6 Å². The summed E-state index contributed by atoms with van der Waals surface area (Å²) < 4.78 is 5.82. The Bertz CT molecular complexity index is 700. The van der Waals surface area contributed by atoms with Crippen LogP contribution in [0.2, 0.25) is 0 Å². The largest absolute Gasteiger partial charge is 0.441 e. The Hall–Kier alpha value is -2.14. The van der Waals surface area contributed by atoms with Crippen LogP contribution >= 0.6 is 0 Å². The number of carbonyl (C=O) groups is 1. The van der Waals surface area contributed by atoms with Gasteiger partial charge in [0, 0.05) is 31.5 Å². The van der Waals surface area contributed by atoms with Crippen LogP contribution in [0.4, 0.5) is 0 Å². The molecule has 1 aromatic heterocycles. The third kappa shape index (κ3) is 4.94. The van der Waals surface area contributed by atoms with E-state index in [0.29, 0.717) is 24.7 Å². The van der Waals surface area contributed by atoms with Crippen LogP contribution in [-0.2, 0) is 11.2 Å². The zero-order chi connectivity index (χ0) is 18.4. The third-order valence-corrected chi connectivity index (χ3v) is 5.09. The number of carbonyl (C=O) groups excluding carboxylic acids is 1. The van der Waals surface area contributed by atoms with Gasteiger partial charge >= 0.3 is 0 Å². The predicted octanol–water partition coefficient (Wildman–Crippen LogP) is 3.43. The van der Waals surface area contributed by atoms with Gasteiger partial charge in [0.1, 0.15) is 0 Å². The van der Waals surface area contributed by atoms with Gasteiger partial charge in [-0.2, -0.15) is 0 Å². The number of hydrogen-bond acceptors (Lipinski definition) is 4. The second-order valence-corrected chi connectivity index (χ2v) is 7.12. The average molecular weight is 355 g/mol. The Morgan fingerprint density at radius 3 is 2.69 bits per heavy atom. The number of benzene rings is 1. The van der Waals surface area contributed by atoms with E-state index in [-0.39, 0.29) is 5.91 Å². The van der Waals surface area contributed by atoms with Crippen molar-refractivity contribution >= 4 is 5.91 Å². The van der Waals surface area contributed by atoms with Crippen molar-refractivity contribution in [2.45, 2.75) is 39.5 Å². The van der Waals surface area contributed by atoms with E-state index in [1.165, 1.54) is 5.56 Å². The summed E-state index contributed by atoms with van der Waals surface area (Å²) in [6, 6.07) is 8.17. The van der Waals surface area contributed by atoms with Crippen LogP contribution in [-0.4, -0.2) is 42.0 Å². The van der Waals surface area contributed by atoms with Crippen LogP contribution in [0.15, 0.2) is 34.9 Å². The van der Waals surface area contributed by atoms with E-state index in [1.54, 1.807) is 6.20 Å². The van der Waals surface area contributed by atoms with Gasteiger partial charge in [0.05, 0.1) is 6.20 Å². The first-order valence-corrected chi connectivity index (χ1v) is 9.66. The molecule has 140 valence electrons. The summed E-state index contributed by atoms with van der Waals surface area (Å²) in [6.45, 7) is 8.01. The fourth-order valence-corrected chi connectivity index (χ4v) is 3.38. The molecule has 1 aromatic carbocycles. The number of hydrogen-bond donors (Lipinski definition) is 1. The van der Waals surface area contributed by atoms with Gasteiger partial charge in [-0.25, -0.2) is 4.98 Å². The lowest BCUT2D eigenvalue weighted by Gasteiger charge is -2.32. The van der Waals surface area contributed by atoms with Gasteiger partial charge in [-0.15, -0.1) is 0 Å². The highest BCUT2D eigenvalue weighted by Gasteiger charge is 2.22. The van der Waals surface area contributed by atoms with E-state index in [1.807, 2.05) is 17.0 Å². The summed E-state index contributed by atoms with van der Waals surface area (Å²) in [5.41, 5.74) is 2.23. The first-order chi connectivity index (χ1) is 12.7. The predicted molar refractivity (Wildman–Crippen MR) is 103 cm³/mol. The molecule has 1 aliphatic rings. The first-order valence-electron chi connectivity index (χ1n) is 9.66. The second-order valence-electron chi connectivity index (χ2n) is 7.12. The third-order valence-electron chi connectivity index (χ3n) is 5.09. The normalized spacial score (nSPS) is 15.4. The number of aryl methyl sites for hydroxylation is 2. The highest BCUT2D eigenvalue weighted by atomic mass is 16.4. The maximum atomic E-state index is 12.4. The zero-order valence-corrected chi connectivity index (χ0v) is 15.8. The number of rotatable bonds is 7. The fourth-order valence-electron chi connectivity index (χ4n) is 3.38. The standard InChI is InChI=1S/C21H29N3O2/c1-3-22-14-17-10-12-24(13-11-17)21(25)9-8-20-23-15-19(26-20)18-6-4-16(2)5-7-18/h4-7,15,17,22H,3,8-14H2,1-2H3. The molecule has 2 aromatic rings. The maximum absolute atomic E-state index is 12.4. The van der Waals surface area contributed by atoms with Gasteiger partial charge in [0.2, 0.25) is 5.91 Å². The monoisotopic (exact) mass is 355 g/mol. The molecule has 1 fully saturated rings. The SMILES string of the molecule is CCNCC1CCN(C(=O)CCc2ncc(-c3ccc(C)cc3)o2)CC1. The summed E-state index contributed by atoms with van der Waals surface area (Å²) in [5.74, 6) is 2.30. The van der Waals surface area contributed by atoms with Crippen molar-refractivity contribution in [2.24, 2.45) is 5.92 Å². The molecule has 0 aliphatic carbocycles. The molecule has 1 amide bonds. The molecule has 3 rings (SSSR count). The summed E-state index contributed by atoms with van der Waals surface area (Å²) in [6.07, 6.45) is 4.95. The summed E-state index contributed by atoms with van der Waals surface area (Å²) in [5, 5.41) is 3.40. The molecule has 5 nitrogen and oxygen atoms in total. The van der Waals surface area contributed by atoms with Crippen molar-refractivity contribution in [1.82, 2.24) is 15.2 Å². The number of amides is 1. The number of nitrogens with zero attached hydrogens (tertiary/aromatic N) is 2. The van der Waals surface area contributed by atoms with Crippen molar-refractivity contribution in [3.8, 4) is 11.3 Å². The molecular formula is C21H29N3O2. The van der Waals surface area contributed by atoms with Crippen molar-refractivity contribution in [3.63, 3.8) is 0 Å². The zero-order valence-electron chi connectivity index (χ0n) is 15.8. The van der Waals surface area contributed by atoms with E-state index >= 15 is 0 Å². The smallest absolute Gasteiger partial charge is 0.223 e. The number of oxazole rings is 1. The Morgan fingerprint density at radius 2 is 2.00 bits per heavy atom. The number of likely N-dealkylation sites (tertiary alicyclic amines) is 1. The molecule has 26 heavy (non-hydrogen) atoms. The summed E-state index contributed by atoms with van der Waals surface area (Å²) in [7, 11) is 0. The lowest BCUT2D eigenvalue weighted by molar-refractivity contribution is -0.132.